The maximum absolute atomic E-state index is 14.3. The molecular weight excluding hydrogens is 1020 g/mol. The van der Waals surface area contributed by atoms with Gasteiger partial charge in [0.15, 0.2) is 0 Å². The molecule has 5 heterocycles. The summed E-state index contributed by atoms with van der Waals surface area (Å²) < 4.78 is 6.39. The number of amides is 4. The van der Waals surface area contributed by atoms with Gasteiger partial charge in [0.25, 0.3) is 5.91 Å². The summed E-state index contributed by atoms with van der Waals surface area (Å²) in [6.45, 7) is 24.4. The highest BCUT2D eigenvalue weighted by Crippen LogP contribution is 2.55. The van der Waals surface area contributed by atoms with Gasteiger partial charge in [-0.3, -0.25) is 33.9 Å². The van der Waals surface area contributed by atoms with Crippen LogP contribution in [-0.4, -0.2) is 178 Å². The Bertz CT molecular complexity index is 2770. The SMILES string of the molecule is Cc1ncsc1-c1ccc([C@H](C)NC(=O)[C@H]2C[C@@H](O)CN2C(=O)C(NC(=O)CN2CCN(CCN3CCN(c4ccc(C(=O)NC5C(C)(C)C(Oc6ccc(C#N)c(Cl)c6)C5(C)C)cn4)C[C@H]3CO)CC2)C(C)(C)C)cc1. The first-order chi connectivity index (χ1) is 36.5. The summed E-state index contributed by atoms with van der Waals surface area (Å²) in [5.74, 6) is 0.0700. The lowest BCUT2D eigenvalue weighted by atomic mass is 9.49. The van der Waals surface area contributed by atoms with E-state index in [4.69, 9.17) is 21.3 Å². The van der Waals surface area contributed by atoms with E-state index in [1.54, 1.807) is 41.8 Å². The van der Waals surface area contributed by atoms with Crippen molar-refractivity contribution < 1.29 is 34.1 Å². The van der Waals surface area contributed by atoms with Crippen LogP contribution < -0.4 is 25.6 Å². The zero-order valence-electron chi connectivity index (χ0n) is 45.9. The van der Waals surface area contributed by atoms with Crippen molar-refractivity contribution in [3.05, 3.63) is 93.7 Å². The molecule has 1 saturated carbocycles. The van der Waals surface area contributed by atoms with Crippen LogP contribution in [0.15, 0.2) is 66.3 Å². The minimum absolute atomic E-state index is 0.00101. The Balaban J connectivity index is 0.765. The first kappa shape index (κ1) is 57.5. The first-order valence-electron chi connectivity index (χ1n) is 26.7. The monoisotopic (exact) mass is 1090 g/mol. The number of thiazole rings is 1. The normalized spacial score (nSPS) is 23.5. The van der Waals surface area contributed by atoms with Crippen LogP contribution in [0.25, 0.3) is 10.4 Å². The number of carbonyl (C=O) groups excluding carboxylic acids is 4. The number of nitriles is 1. The third kappa shape index (κ3) is 12.9. The summed E-state index contributed by atoms with van der Waals surface area (Å²) in [5.41, 5.74) is 4.08. The van der Waals surface area contributed by atoms with Crippen molar-refractivity contribution in [3.8, 4) is 22.3 Å². The summed E-state index contributed by atoms with van der Waals surface area (Å²) in [6.07, 6.45) is 0.613. The van der Waals surface area contributed by atoms with Crippen LogP contribution in [0.1, 0.15) is 95.0 Å². The Morgan fingerprint density at radius 1 is 0.922 bits per heavy atom. The number of benzene rings is 2. The number of aromatic nitrogens is 2. The van der Waals surface area contributed by atoms with Crippen LogP contribution in [0.3, 0.4) is 0 Å². The zero-order valence-corrected chi connectivity index (χ0v) is 47.5. The van der Waals surface area contributed by atoms with Gasteiger partial charge in [0.05, 0.1) is 63.6 Å². The average Bonchev–Trinajstić information content (AvgIpc) is 4.19. The standard InChI is InChI=1S/C57H76ClN11O7S/c1-35(37-10-12-38(13-11-37)48-36(2)61-34-77-48)62-51(74)45-26-42(71)31-69(45)52(75)49(55(3,4)5)63-47(72)32-66-20-18-65(19-21-66)22-23-67-24-25-68(30-41(67)33-70)46-17-15-40(29-60-46)50(73)64-53-56(6,7)54(57(53,8)9)76-43-16-14-39(28-59)44(58)27-43/h10-17,27,29,34-35,41-42,45,49,53-54,70-71H,18-26,30-33H2,1-9H3,(H,62,74)(H,63,72)(H,64,73)/t35-,41-,42+,45+,49?,53?,54?/m0/s1. The maximum atomic E-state index is 14.3. The molecule has 18 nitrogen and oxygen atoms in total. The van der Waals surface area contributed by atoms with Gasteiger partial charge >= 0.3 is 0 Å². The minimum atomic E-state index is -0.920. The third-order valence-electron chi connectivity index (χ3n) is 16.2. The Morgan fingerprint density at radius 3 is 2.23 bits per heavy atom. The van der Waals surface area contributed by atoms with Crippen molar-refractivity contribution in [3.63, 3.8) is 0 Å². The molecule has 1 aliphatic carbocycles. The number of hydrogen-bond donors (Lipinski definition) is 5. The summed E-state index contributed by atoms with van der Waals surface area (Å²) in [4.78, 5) is 75.9. The Kier molecular flexibility index (Phi) is 17.7. The number of nitrogens with zero attached hydrogens (tertiary/aromatic N) is 8. The highest BCUT2D eigenvalue weighted by Gasteiger charge is 2.64. The molecular formula is C57H76ClN11O7S. The number of carbonyl (C=O) groups is 4. The second kappa shape index (κ2) is 23.7. The number of likely N-dealkylation sites (tertiary alicyclic amines) is 1. The molecule has 5 N–H and O–H groups in total. The summed E-state index contributed by atoms with van der Waals surface area (Å²) in [5, 5.41) is 40.2. The van der Waals surface area contributed by atoms with E-state index in [1.807, 2.05) is 70.5 Å². The number of pyridine rings is 1. The van der Waals surface area contributed by atoms with Gasteiger partial charge in [0, 0.05) is 101 Å². The number of ether oxygens (including phenoxy) is 1. The zero-order chi connectivity index (χ0) is 55.6. The van der Waals surface area contributed by atoms with Gasteiger partial charge in [-0.25, -0.2) is 9.97 Å². The highest BCUT2D eigenvalue weighted by atomic mass is 35.5. The molecule has 4 amide bonds. The Labute approximate surface area is 462 Å². The molecule has 4 aliphatic rings. The predicted molar refractivity (Wildman–Crippen MR) is 298 cm³/mol. The molecule has 1 unspecified atom stereocenters. The van der Waals surface area contributed by atoms with Crippen LogP contribution in [0.2, 0.25) is 5.02 Å². The molecule has 414 valence electrons. The Hall–Kier alpha value is -5.72. The number of aliphatic hydroxyl groups excluding tert-OH is 2. The van der Waals surface area contributed by atoms with Gasteiger partial charge in [-0.15, -0.1) is 11.3 Å². The van der Waals surface area contributed by atoms with E-state index in [0.717, 1.165) is 60.2 Å². The largest absolute Gasteiger partial charge is 0.489 e. The number of aliphatic hydroxyl groups is 2. The van der Waals surface area contributed by atoms with E-state index in [1.165, 1.54) is 4.90 Å². The summed E-state index contributed by atoms with van der Waals surface area (Å²) in [7, 11) is 0. The highest BCUT2D eigenvalue weighted by molar-refractivity contribution is 7.13. The van der Waals surface area contributed by atoms with Gasteiger partial charge < -0.3 is 40.7 Å². The van der Waals surface area contributed by atoms with Crippen LogP contribution in [-0.2, 0) is 14.4 Å². The second-order valence-electron chi connectivity index (χ2n) is 23.5. The van der Waals surface area contributed by atoms with Crippen LogP contribution in [0, 0.1) is 34.5 Å². The Morgan fingerprint density at radius 2 is 1.62 bits per heavy atom. The van der Waals surface area contributed by atoms with Crippen molar-refractivity contribution in [2.45, 2.75) is 111 Å². The van der Waals surface area contributed by atoms with E-state index in [-0.39, 0.29) is 68.1 Å². The van der Waals surface area contributed by atoms with Crippen molar-refractivity contribution in [2.24, 2.45) is 16.2 Å². The fraction of sp³-hybridized carbons (Fsp3) is 0.561. The lowest BCUT2D eigenvalue weighted by Gasteiger charge is -2.63. The van der Waals surface area contributed by atoms with E-state index >= 15 is 0 Å². The molecule has 2 aromatic heterocycles. The molecule has 4 aromatic rings. The minimum Gasteiger partial charge on any atom is -0.489 e. The van der Waals surface area contributed by atoms with Crippen molar-refractivity contribution >= 4 is 52.4 Å². The van der Waals surface area contributed by atoms with Crippen molar-refractivity contribution in [1.82, 2.24) is 45.5 Å². The van der Waals surface area contributed by atoms with Gasteiger partial charge in [0.2, 0.25) is 17.7 Å². The topological polar surface area (TPSA) is 220 Å². The van der Waals surface area contributed by atoms with E-state index in [2.05, 4.69) is 74.3 Å². The molecule has 0 bridgehead atoms. The number of β-amino-alcohol motifs (C(OH)–C–C–N with tert-alkyl or cyclic N) is 1. The second-order valence-corrected chi connectivity index (χ2v) is 24.8. The molecule has 20 heteroatoms. The summed E-state index contributed by atoms with van der Waals surface area (Å²) in [6, 6.07) is 16.3. The van der Waals surface area contributed by atoms with Gasteiger partial charge in [-0.1, -0.05) is 84.3 Å². The molecule has 3 saturated heterocycles. The summed E-state index contributed by atoms with van der Waals surface area (Å²) >= 11 is 7.85. The number of halogens is 1. The number of rotatable bonds is 17. The number of hydrogen-bond acceptors (Lipinski definition) is 15. The quantitative estimate of drug-likeness (QED) is 0.0928. The smallest absolute Gasteiger partial charge is 0.253 e. The predicted octanol–water partition coefficient (Wildman–Crippen LogP) is 5.12. The molecule has 0 spiro atoms. The molecule has 5 atom stereocenters. The molecule has 3 aliphatic heterocycles. The molecule has 2 aromatic carbocycles. The maximum Gasteiger partial charge on any atom is 0.253 e. The van der Waals surface area contributed by atoms with Crippen molar-refractivity contribution in [1.29, 1.82) is 5.26 Å². The van der Waals surface area contributed by atoms with Crippen LogP contribution in [0.5, 0.6) is 5.75 Å². The molecule has 77 heavy (non-hydrogen) atoms. The fourth-order valence-electron chi connectivity index (χ4n) is 12.0. The molecule has 4 fully saturated rings. The first-order valence-corrected chi connectivity index (χ1v) is 28.0. The molecule has 0 radical (unpaired) electrons. The van der Waals surface area contributed by atoms with Crippen LogP contribution >= 0.6 is 22.9 Å². The number of nitrogens with one attached hydrogen (secondary N) is 3. The number of aryl methyl sites for hydroxylation is 1. The fourth-order valence-corrected chi connectivity index (χ4v) is 13.0. The van der Waals surface area contributed by atoms with Gasteiger partial charge in [0.1, 0.15) is 35.8 Å². The van der Waals surface area contributed by atoms with Crippen LogP contribution in [0.4, 0.5) is 5.82 Å². The van der Waals surface area contributed by atoms with E-state index in [9.17, 15) is 34.7 Å². The van der Waals surface area contributed by atoms with E-state index < -0.39 is 40.3 Å². The lowest BCUT2D eigenvalue weighted by Crippen LogP contribution is -2.74. The van der Waals surface area contributed by atoms with E-state index in [0.29, 0.717) is 48.1 Å². The van der Waals surface area contributed by atoms with Crippen molar-refractivity contribution in [2.75, 3.05) is 83.5 Å². The third-order valence-corrected chi connectivity index (χ3v) is 17.5. The van der Waals surface area contributed by atoms with Gasteiger partial charge in [-0.05, 0) is 54.7 Å². The lowest BCUT2D eigenvalue weighted by molar-refractivity contribution is -0.164. The average molecular weight is 1090 g/mol. The molecule has 8 rings (SSSR count). The number of anilines is 1. The van der Waals surface area contributed by atoms with Gasteiger partial charge in [-0.2, -0.15) is 5.26 Å². The number of piperazine rings is 2.